The van der Waals surface area contributed by atoms with E-state index in [1.807, 2.05) is 41.9 Å². The molecule has 0 amide bonds. The lowest BCUT2D eigenvalue weighted by Crippen LogP contribution is -2.09. The van der Waals surface area contributed by atoms with Crippen molar-refractivity contribution >= 4 is 51.8 Å². The number of anilines is 5. The van der Waals surface area contributed by atoms with Crippen LogP contribution in [0.2, 0.25) is 0 Å². The standard InChI is InChI=1S/C46H47N6O9/c1-29-3-9-34(10-4-29)52(35-11-5-30(2)6-12-35)36-13-7-31(8-14-36)49-50-45-41(59-25-38-22-56-38)17-32(18-42(45)60-26-39-23-57-39)47-28-48-33-19-43(54-16-15-37-21-55-37)46(51-53)44(20-33)61-27-40-24-58-40/h3-14,17-20,28,37-40,51H,15-16,21-27H2,1-2H3,(H,47,48)/q-1. The van der Waals surface area contributed by atoms with E-state index in [-0.39, 0.29) is 30.1 Å². The molecule has 4 fully saturated rings. The second-order valence-electron chi connectivity index (χ2n) is 15.3. The summed E-state index contributed by atoms with van der Waals surface area (Å²) in [5, 5.41) is 24.6. The first kappa shape index (κ1) is 40.2. The van der Waals surface area contributed by atoms with Crippen LogP contribution in [-0.2, 0) is 18.9 Å². The minimum atomic E-state index is -0.0108. The summed E-state index contributed by atoms with van der Waals surface area (Å²) in [5.41, 5.74) is 9.83. The van der Waals surface area contributed by atoms with Crippen molar-refractivity contribution in [2.75, 3.05) is 68.6 Å². The number of nitrogens with zero attached hydrogens (tertiary/aromatic N) is 4. The molecular weight excluding hydrogens is 781 g/mol. The minimum absolute atomic E-state index is 0.00700. The molecule has 0 spiro atoms. The summed E-state index contributed by atoms with van der Waals surface area (Å²) in [6, 6.07) is 31.9. The maximum atomic E-state index is 12.1. The second kappa shape index (κ2) is 18.6. The summed E-state index contributed by atoms with van der Waals surface area (Å²) in [5.74, 6) is 1.54. The smallest absolute Gasteiger partial charge is 0.170 e. The molecule has 0 aromatic heterocycles. The molecule has 4 unspecified atom stereocenters. The summed E-state index contributed by atoms with van der Waals surface area (Å²) in [4.78, 5) is 6.85. The highest BCUT2D eigenvalue weighted by Crippen LogP contribution is 2.44. The molecule has 4 heterocycles. The largest absolute Gasteiger partial charge is 0.761 e. The Bertz CT molecular complexity index is 2240. The van der Waals surface area contributed by atoms with Gasteiger partial charge in [-0.25, -0.2) is 4.99 Å². The van der Waals surface area contributed by atoms with Crippen LogP contribution in [0, 0.1) is 19.1 Å². The third-order valence-corrected chi connectivity index (χ3v) is 10.2. The van der Waals surface area contributed by atoms with Crippen molar-refractivity contribution in [1.82, 2.24) is 0 Å². The maximum absolute atomic E-state index is 12.1. The van der Waals surface area contributed by atoms with Crippen molar-refractivity contribution in [1.29, 1.82) is 0 Å². The fourth-order valence-electron chi connectivity index (χ4n) is 6.33. The van der Waals surface area contributed by atoms with Crippen molar-refractivity contribution in [3.63, 3.8) is 0 Å². The van der Waals surface area contributed by atoms with Crippen LogP contribution in [-0.4, -0.2) is 83.6 Å². The Balaban J connectivity index is 0.971. The van der Waals surface area contributed by atoms with Gasteiger partial charge in [-0.2, -0.15) is 5.11 Å². The Morgan fingerprint density at radius 2 is 1.08 bits per heavy atom. The average Bonchev–Trinajstić information content (AvgIpc) is 4.05. The van der Waals surface area contributed by atoms with Gasteiger partial charge in [-0.1, -0.05) is 35.4 Å². The Kier molecular flexibility index (Phi) is 12.2. The van der Waals surface area contributed by atoms with Gasteiger partial charge in [0.05, 0.1) is 56.9 Å². The number of aliphatic imine (C=N–C) groups is 1. The van der Waals surface area contributed by atoms with Gasteiger partial charge in [-0.15, -0.1) is 5.11 Å². The van der Waals surface area contributed by atoms with Crippen LogP contribution in [0.1, 0.15) is 17.5 Å². The van der Waals surface area contributed by atoms with Crippen molar-refractivity contribution in [3.8, 4) is 23.0 Å². The van der Waals surface area contributed by atoms with Gasteiger partial charge in [-0.3, -0.25) is 0 Å². The fraction of sp³-hybridized carbons (Fsp3) is 0.326. The van der Waals surface area contributed by atoms with Gasteiger partial charge in [0.25, 0.3) is 0 Å². The fourth-order valence-corrected chi connectivity index (χ4v) is 6.33. The van der Waals surface area contributed by atoms with Gasteiger partial charge in [0.1, 0.15) is 55.3 Å². The molecule has 5 aromatic rings. The maximum Gasteiger partial charge on any atom is 0.170 e. The molecule has 5 aromatic carbocycles. The van der Waals surface area contributed by atoms with Gasteiger partial charge in [0.2, 0.25) is 0 Å². The van der Waals surface area contributed by atoms with E-state index in [0.29, 0.717) is 105 Å². The quantitative estimate of drug-likeness (QED) is 0.0223. The van der Waals surface area contributed by atoms with Crippen molar-refractivity contribution in [2.45, 2.75) is 44.7 Å². The molecule has 2 N–H and O–H groups in total. The molecule has 4 atom stereocenters. The summed E-state index contributed by atoms with van der Waals surface area (Å²) in [6.45, 7) is 8.07. The molecule has 0 radical (unpaired) electrons. The molecule has 61 heavy (non-hydrogen) atoms. The number of hydrogen-bond donors (Lipinski definition) is 2. The van der Waals surface area contributed by atoms with E-state index < -0.39 is 0 Å². The number of hydrogen-bond acceptors (Lipinski definition) is 14. The van der Waals surface area contributed by atoms with E-state index in [0.717, 1.165) is 17.1 Å². The zero-order valence-electron chi connectivity index (χ0n) is 34.0. The summed E-state index contributed by atoms with van der Waals surface area (Å²) >= 11 is 0. The first-order valence-corrected chi connectivity index (χ1v) is 20.4. The second-order valence-corrected chi connectivity index (χ2v) is 15.3. The zero-order valence-corrected chi connectivity index (χ0v) is 34.0. The highest BCUT2D eigenvalue weighted by atomic mass is 16.6. The lowest BCUT2D eigenvalue weighted by molar-refractivity contribution is 0.254. The third kappa shape index (κ3) is 11.1. The first-order valence-electron chi connectivity index (χ1n) is 20.4. The van der Waals surface area contributed by atoms with Gasteiger partial charge in [0.15, 0.2) is 17.2 Å². The summed E-state index contributed by atoms with van der Waals surface area (Å²) in [7, 11) is 0. The molecule has 4 saturated heterocycles. The van der Waals surface area contributed by atoms with Crippen LogP contribution in [0.15, 0.2) is 112 Å². The molecule has 316 valence electrons. The van der Waals surface area contributed by atoms with Crippen LogP contribution in [0.25, 0.3) is 0 Å². The van der Waals surface area contributed by atoms with E-state index in [1.165, 1.54) is 17.5 Å². The lowest BCUT2D eigenvalue weighted by Gasteiger charge is -2.25. The number of rotatable bonds is 22. The highest BCUT2D eigenvalue weighted by Gasteiger charge is 2.28. The first-order chi connectivity index (χ1) is 29.9. The van der Waals surface area contributed by atoms with Crippen molar-refractivity contribution < 1.29 is 37.9 Å². The molecule has 4 aliphatic rings. The summed E-state index contributed by atoms with van der Waals surface area (Å²) in [6.07, 6.45) is 2.39. The van der Waals surface area contributed by atoms with Crippen LogP contribution < -0.4 is 34.6 Å². The molecule has 9 rings (SSSR count). The van der Waals surface area contributed by atoms with E-state index in [9.17, 15) is 5.21 Å². The SMILES string of the molecule is Cc1ccc(N(c2ccc(C)cc2)c2ccc(N=Nc3c(OCC4CO4)cc(NC=Nc4cc(OCCC5CO5)c(N[O-])c(OCC5CO5)c4)cc3OCC3CO3)cc2)cc1. The van der Waals surface area contributed by atoms with Crippen LogP contribution in [0.4, 0.5) is 45.5 Å². The monoisotopic (exact) mass is 827 g/mol. The number of benzene rings is 5. The van der Waals surface area contributed by atoms with E-state index >= 15 is 0 Å². The summed E-state index contributed by atoms with van der Waals surface area (Å²) < 4.78 is 46.0. The van der Waals surface area contributed by atoms with Crippen molar-refractivity contribution in [2.24, 2.45) is 15.2 Å². The number of epoxide rings is 4. The highest BCUT2D eigenvalue weighted by molar-refractivity contribution is 5.83. The van der Waals surface area contributed by atoms with Crippen LogP contribution in [0.3, 0.4) is 0 Å². The Hall–Kier alpha value is -6.23. The average molecular weight is 828 g/mol. The number of azo groups is 1. The Labute approximate surface area is 353 Å². The molecule has 0 saturated carbocycles. The molecule has 0 aliphatic carbocycles. The lowest BCUT2D eigenvalue weighted by atomic mass is 10.1. The Morgan fingerprint density at radius 1 is 0.607 bits per heavy atom. The van der Waals surface area contributed by atoms with Crippen LogP contribution >= 0.6 is 0 Å². The van der Waals surface area contributed by atoms with Gasteiger partial charge in [-0.05, 0) is 62.4 Å². The van der Waals surface area contributed by atoms with Crippen molar-refractivity contribution in [3.05, 3.63) is 113 Å². The van der Waals surface area contributed by atoms with Crippen LogP contribution in [0.5, 0.6) is 23.0 Å². The predicted molar refractivity (Wildman–Crippen MR) is 232 cm³/mol. The molecular formula is C46H47N6O9-. The van der Waals surface area contributed by atoms with E-state index in [2.05, 4.69) is 82.7 Å². The van der Waals surface area contributed by atoms with E-state index in [1.54, 1.807) is 12.1 Å². The third-order valence-electron chi connectivity index (χ3n) is 10.2. The predicted octanol–water partition coefficient (Wildman–Crippen LogP) is 9.37. The number of aryl methyl sites for hydroxylation is 2. The molecule has 15 nitrogen and oxygen atoms in total. The van der Waals surface area contributed by atoms with E-state index in [4.69, 9.17) is 43.0 Å². The van der Waals surface area contributed by atoms with Gasteiger partial charge >= 0.3 is 0 Å². The molecule has 4 aliphatic heterocycles. The Morgan fingerprint density at radius 3 is 1.57 bits per heavy atom. The molecule has 15 heteroatoms. The zero-order chi connectivity index (χ0) is 41.5. The topological polar surface area (TPSA) is 174 Å². The van der Waals surface area contributed by atoms with Gasteiger partial charge < -0.3 is 58.8 Å². The minimum Gasteiger partial charge on any atom is -0.761 e. The normalized spacial score (nSPS) is 19.7. The molecule has 0 bridgehead atoms. The van der Waals surface area contributed by atoms with Gasteiger partial charge in [0, 0.05) is 53.4 Å². The number of nitrogens with one attached hydrogen (secondary N) is 2. The number of ether oxygens (including phenoxy) is 8.